The average Bonchev–Trinajstić information content (AvgIpc) is 3.14. The maximum absolute atomic E-state index is 12.4. The predicted molar refractivity (Wildman–Crippen MR) is 127 cm³/mol. The van der Waals surface area contributed by atoms with Gasteiger partial charge in [0, 0.05) is 23.8 Å². The number of nitrogens with one attached hydrogen (secondary N) is 2. The molecule has 0 saturated carbocycles. The number of carbonyl (C=O) groups is 1. The molecule has 1 unspecified atom stereocenters. The lowest BCUT2D eigenvalue weighted by Crippen LogP contribution is -2.31. The van der Waals surface area contributed by atoms with Crippen molar-refractivity contribution in [2.24, 2.45) is 0 Å². The van der Waals surface area contributed by atoms with Gasteiger partial charge in [-0.2, -0.15) is 0 Å². The summed E-state index contributed by atoms with van der Waals surface area (Å²) in [5.41, 5.74) is 1.57. The number of likely N-dealkylation sites (tertiary alicyclic amines) is 1. The van der Waals surface area contributed by atoms with Gasteiger partial charge in [0.15, 0.2) is 0 Å². The van der Waals surface area contributed by atoms with Gasteiger partial charge in [0.25, 0.3) is 5.91 Å². The molecule has 1 saturated heterocycles. The third kappa shape index (κ3) is 6.84. The van der Waals surface area contributed by atoms with Crippen LogP contribution in [-0.2, 0) is 16.4 Å². The van der Waals surface area contributed by atoms with Crippen molar-refractivity contribution in [3.63, 3.8) is 0 Å². The molecule has 1 fully saturated rings. The molecule has 0 bridgehead atoms. The van der Waals surface area contributed by atoms with Crippen molar-refractivity contribution in [2.75, 3.05) is 30.6 Å². The molecule has 9 heteroatoms. The van der Waals surface area contributed by atoms with Crippen LogP contribution >= 0.6 is 23.2 Å². The lowest BCUT2D eigenvalue weighted by atomic mass is 10.1. The van der Waals surface area contributed by atoms with Gasteiger partial charge in [-0.15, -0.1) is 0 Å². The van der Waals surface area contributed by atoms with Crippen molar-refractivity contribution in [1.29, 1.82) is 0 Å². The molecule has 6 nitrogen and oxygen atoms in total. The molecule has 2 aromatic carbocycles. The number of benzene rings is 2. The van der Waals surface area contributed by atoms with E-state index in [-0.39, 0.29) is 18.1 Å². The number of carbonyl (C=O) groups excluding carboxylic acids is 1. The number of hydrogen-bond acceptors (Lipinski definition) is 4. The monoisotopic (exact) mass is 483 g/mol. The summed E-state index contributed by atoms with van der Waals surface area (Å²) in [7, 11) is -1.47. The Morgan fingerprint density at radius 2 is 1.90 bits per heavy atom. The van der Waals surface area contributed by atoms with Crippen LogP contribution in [0.1, 0.15) is 35.2 Å². The number of hydrogen-bond donors (Lipinski definition) is 2. The highest BCUT2D eigenvalue weighted by atomic mass is 35.5. The number of sulfonamides is 1. The molecule has 1 aliphatic rings. The summed E-state index contributed by atoms with van der Waals surface area (Å²) >= 11 is 12.1. The van der Waals surface area contributed by atoms with Crippen molar-refractivity contribution < 1.29 is 13.2 Å². The number of nitrogens with zero attached hydrogens (tertiary/aromatic N) is 1. The first kappa shape index (κ1) is 23.9. The smallest absolute Gasteiger partial charge is 0.251 e. The largest absolute Gasteiger partial charge is 0.352 e. The summed E-state index contributed by atoms with van der Waals surface area (Å²) in [5, 5.41) is 3.70. The molecular formula is C22H27Cl2N3O3S. The highest BCUT2D eigenvalue weighted by molar-refractivity contribution is 7.92. The van der Waals surface area contributed by atoms with E-state index in [4.69, 9.17) is 23.2 Å². The third-order valence-corrected chi connectivity index (χ3v) is 7.67. The molecule has 0 radical (unpaired) electrons. The molecule has 0 aromatic heterocycles. The van der Waals surface area contributed by atoms with Crippen LogP contribution < -0.4 is 10.0 Å². The van der Waals surface area contributed by atoms with E-state index in [0.29, 0.717) is 39.4 Å². The minimum absolute atomic E-state index is 0.134. The molecule has 2 N–H and O–H groups in total. The molecule has 2 aromatic rings. The van der Waals surface area contributed by atoms with Crippen LogP contribution in [0.25, 0.3) is 0 Å². The van der Waals surface area contributed by atoms with Gasteiger partial charge in [0.05, 0.1) is 15.8 Å². The van der Waals surface area contributed by atoms with Crippen LogP contribution in [0.15, 0.2) is 42.5 Å². The van der Waals surface area contributed by atoms with Gasteiger partial charge in [-0.3, -0.25) is 9.52 Å². The van der Waals surface area contributed by atoms with E-state index in [2.05, 4.69) is 22.0 Å². The third-order valence-electron chi connectivity index (χ3n) is 5.53. The molecule has 1 atom stereocenters. The van der Waals surface area contributed by atoms with E-state index in [1.807, 2.05) is 0 Å². The highest BCUT2D eigenvalue weighted by Crippen LogP contribution is 2.26. The lowest BCUT2D eigenvalue weighted by molar-refractivity contribution is 0.0950. The van der Waals surface area contributed by atoms with Crippen LogP contribution in [0.5, 0.6) is 0 Å². The molecule has 1 heterocycles. The Morgan fingerprint density at radius 3 is 2.58 bits per heavy atom. The van der Waals surface area contributed by atoms with Gasteiger partial charge >= 0.3 is 0 Å². The predicted octanol–water partition coefficient (Wildman–Crippen LogP) is 4.19. The molecule has 0 aliphatic carbocycles. The molecule has 31 heavy (non-hydrogen) atoms. The van der Waals surface area contributed by atoms with Crippen molar-refractivity contribution in [3.8, 4) is 0 Å². The number of amides is 1. The Hall–Kier alpha value is -1.80. The molecule has 0 spiro atoms. The molecule has 168 valence electrons. The van der Waals surface area contributed by atoms with Gasteiger partial charge in [0.1, 0.15) is 0 Å². The lowest BCUT2D eigenvalue weighted by Gasteiger charge is -2.19. The second-order valence-corrected chi connectivity index (χ2v) is 10.4. The van der Waals surface area contributed by atoms with Crippen LogP contribution in [0.4, 0.5) is 5.69 Å². The van der Waals surface area contributed by atoms with Crippen LogP contribution in [0.3, 0.4) is 0 Å². The minimum Gasteiger partial charge on any atom is -0.352 e. The molecule has 1 amide bonds. The van der Waals surface area contributed by atoms with Crippen molar-refractivity contribution >= 4 is 44.8 Å². The fourth-order valence-electron chi connectivity index (χ4n) is 3.70. The van der Waals surface area contributed by atoms with E-state index in [1.165, 1.54) is 12.8 Å². The highest BCUT2D eigenvalue weighted by Gasteiger charge is 2.20. The number of rotatable bonds is 9. The van der Waals surface area contributed by atoms with E-state index in [1.54, 1.807) is 42.5 Å². The first-order valence-corrected chi connectivity index (χ1v) is 12.7. The summed E-state index contributed by atoms with van der Waals surface area (Å²) in [6.07, 6.45) is 3.55. The zero-order valence-corrected chi connectivity index (χ0v) is 19.7. The quantitative estimate of drug-likeness (QED) is 0.560. The van der Waals surface area contributed by atoms with Crippen LogP contribution in [-0.4, -0.2) is 51.2 Å². The number of anilines is 1. The molecular weight excluding hydrogens is 457 g/mol. The SMILES string of the molecule is CN1CCCC1CCNC(=O)c1ccc(NS(=O)(=O)CCc2cccc(Cl)c2Cl)cc1. The number of aryl methyl sites for hydroxylation is 1. The zero-order chi connectivity index (χ0) is 22.4. The Balaban J connectivity index is 1.49. The number of halogens is 2. The minimum atomic E-state index is -3.58. The Labute approximate surface area is 194 Å². The van der Waals surface area contributed by atoms with Gasteiger partial charge in [0.2, 0.25) is 10.0 Å². The van der Waals surface area contributed by atoms with E-state index >= 15 is 0 Å². The van der Waals surface area contributed by atoms with E-state index in [0.717, 1.165) is 13.0 Å². The fraction of sp³-hybridized carbons (Fsp3) is 0.409. The van der Waals surface area contributed by atoms with Crippen LogP contribution in [0, 0.1) is 0 Å². The summed E-state index contributed by atoms with van der Waals surface area (Å²) in [4.78, 5) is 14.7. The van der Waals surface area contributed by atoms with Crippen molar-refractivity contribution in [2.45, 2.75) is 31.7 Å². The Morgan fingerprint density at radius 1 is 1.16 bits per heavy atom. The van der Waals surface area contributed by atoms with Gasteiger partial charge in [-0.25, -0.2) is 8.42 Å². The second kappa shape index (κ2) is 10.7. The Kier molecular flexibility index (Phi) is 8.22. The average molecular weight is 484 g/mol. The second-order valence-electron chi connectivity index (χ2n) is 7.78. The maximum atomic E-state index is 12.4. The van der Waals surface area contributed by atoms with Crippen LogP contribution in [0.2, 0.25) is 10.0 Å². The zero-order valence-electron chi connectivity index (χ0n) is 17.4. The molecule has 3 rings (SSSR count). The molecule has 1 aliphatic heterocycles. The first-order valence-electron chi connectivity index (χ1n) is 10.3. The summed E-state index contributed by atoms with van der Waals surface area (Å²) in [5.74, 6) is -0.295. The first-order chi connectivity index (χ1) is 14.7. The summed E-state index contributed by atoms with van der Waals surface area (Å²) in [6.45, 7) is 1.73. The van der Waals surface area contributed by atoms with Gasteiger partial charge in [-0.1, -0.05) is 35.3 Å². The topological polar surface area (TPSA) is 78.5 Å². The maximum Gasteiger partial charge on any atom is 0.251 e. The van der Waals surface area contributed by atoms with Gasteiger partial charge in [-0.05, 0) is 75.2 Å². The standard InChI is InChI=1S/C22H27Cl2N3O3S/c1-27-14-3-5-19(27)11-13-25-22(28)17-7-9-18(10-8-17)26-31(29,30)15-12-16-4-2-6-20(23)21(16)24/h2,4,6-10,19,26H,3,5,11-15H2,1H3,(H,25,28). The Bertz CT molecular complexity index is 1010. The summed E-state index contributed by atoms with van der Waals surface area (Å²) in [6, 6.07) is 12.1. The van der Waals surface area contributed by atoms with E-state index < -0.39 is 10.0 Å². The summed E-state index contributed by atoms with van der Waals surface area (Å²) < 4.78 is 27.4. The van der Waals surface area contributed by atoms with Crippen molar-refractivity contribution in [3.05, 3.63) is 63.6 Å². The van der Waals surface area contributed by atoms with Gasteiger partial charge < -0.3 is 10.2 Å². The normalized spacial score (nSPS) is 16.9. The fourth-order valence-corrected chi connectivity index (χ4v) is 5.20. The van der Waals surface area contributed by atoms with E-state index in [9.17, 15) is 13.2 Å². The van der Waals surface area contributed by atoms with Crippen molar-refractivity contribution in [1.82, 2.24) is 10.2 Å².